The van der Waals surface area contributed by atoms with Gasteiger partial charge in [-0.3, -0.25) is 4.79 Å². The minimum Gasteiger partial charge on any atom is -0.744 e. The lowest BCUT2D eigenvalue weighted by Gasteiger charge is -2.30. The SMILES string of the molecule is C=C(C)C(=O)NCCC[N+](C)(C)CCCCCCCCCCCC.Cc1ccc(S(=O)(=O)[O-])cc1. The van der Waals surface area contributed by atoms with Gasteiger partial charge in [-0.05, 0) is 38.8 Å². The predicted molar refractivity (Wildman–Crippen MR) is 145 cm³/mol. The fraction of sp³-hybridized carbons (Fsp3) is 0.679. The monoisotopic (exact) mass is 510 g/mol. The van der Waals surface area contributed by atoms with Crippen molar-refractivity contribution in [2.24, 2.45) is 0 Å². The first-order chi connectivity index (χ1) is 16.4. The number of aryl methyl sites for hydroxylation is 1. The van der Waals surface area contributed by atoms with Gasteiger partial charge in [0.1, 0.15) is 10.1 Å². The molecule has 0 aliphatic heterocycles. The molecule has 0 heterocycles. The van der Waals surface area contributed by atoms with Crippen LogP contribution in [0, 0.1) is 6.92 Å². The second-order valence-corrected chi connectivity index (χ2v) is 11.6. The summed E-state index contributed by atoms with van der Waals surface area (Å²) in [5.74, 6) is -0.0185. The van der Waals surface area contributed by atoms with E-state index in [2.05, 4.69) is 32.9 Å². The fourth-order valence-electron chi connectivity index (χ4n) is 3.70. The topological polar surface area (TPSA) is 86.3 Å². The van der Waals surface area contributed by atoms with E-state index < -0.39 is 10.1 Å². The van der Waals surface area contributed by atoms with E-state index in [0.29, 0.717) is 5.57 Å². The van der Waals surface area contributed by atoms with Crippen LogP contribution in [-0.4, -0.2) is 57.1 Å². The number of hydrogen-bond acceptors (Lipinski definition) is 4. The van der Waals surface area contributed by atoms with Crippen LogP contribution in [0.2, 0.25) is 0 Å². The third-order valence-corrected chi connectivity index (χ3v) is 6.89. The highest BCUT2D eigenvalue weighted by molar-refractivity contribution is 7.85. The molecule has 1 N–H and O–H groups in total. The summed E-state index contributed by atoms with van der Waals surface area (Å²) in [4.78, 5) is 11.2. The molecule has 0 fully saturated rings. The van der Waals surface area contributed by atoms with E-state index in [1.807, 2.05) is 6.92 Å². The molecule has 0 saturated carbocycles. The lowest BCUT2D eigenvalue weighted by atomic mass is 10.1. The normalized spacial score (nSPS) is 11.5. The van der Waals surface area contributed by atoms with Crippen LogP contribution in [0.5, 0.6) is 0 Å². The summed E-state index contributed by atoms with van der Waals surface area (Å²) >= 11 is 0. The number of nitrogens with one attached hydrogen (secondary N) is 1. The van der Waals surface area contributed by atoms with E-state index in [0.717, 1.165) is 29.6 Å². The molecule has 35 heavy (non-hydrogen) atoms. The molecule has 1 aromatic rings. The summed E-state index contributed by atoms with van der Waals surface area (Å²) in [6.07, 6.45) is 15.0. The highest BCUT2D eigenvalue weighted by atomic mass is 32.2. The van der Waals surface area contributed by atoms with Gasteiger partial charge >= 0.3 is 0 Å². The van der Waals surface area contributed by atoms with Gasteiger partial charge in [0.2, 0.25) is 5.91 Å². The standard InChI is InChI=1S/C21H42N2O.C7H8O3S/c1-6-7-8-9-10-11-12-13-14-15-18-23(4,5)19-16-17-22-21(24)20(2)3;1-6-2-4-7(5-3-6)11(8,9)10/h2,6-19H2,1,3-5H3;2-5H,1H3,(H,8,9,10). The van der Waals surface area contributed by atoms with Crippen molar-refractivity contribution < 1.29 is 22.2 Å². The van der Waals surface area contributed by atoms with E-state index in [-0.39, 0.29) is 10.8 Å². The Kier molecular flexibility index (Phi) is 17.7. The van der Waals surface area contributed by atoms with Crippen molar-refractivity contribution in [1.82, 2.24) is 5.32 Å². The van der Waals surface area contributed by atoms with Crippen molar-refractivity contribution in [3.8, 4) is 0 Å². The molecule has 0 aromatic heterocycles. The molecule has 1 amide bonds. The van der Waals surface area contributed by atoms with Gasteiger partial charge in [-0.2, -0.15) is 0 Å². The minimum absolute atomic E-state index is 0.0185. The van der Waals surface area contributed by atoms with Gasteiger partial charge in [0.25, 0.3) is 0 Å². The number of rotatable bonds is 17. The lowest BCUT2D eigenvalue weighted by molar-refractivity contribution is -0.890. The average Bonchev–Trinajstić information content (AvgIpc) is 2.78. The van der Waals surface area contributed by atoms with Crippen LogP contribution in [0.3, 0.4) is 0 Å². The first-order valence-electron chi connectivity index (χ1n) is 13.2. The van der Waals surface area contributed by atoms with E-state index in [9.17, 15) is 17.8 Å². The molecular weight excluding hydrogens is 460 g/mol. The highest BCUT2D eigenvalue weighted by Gasteiger charge is 2.14. The summed E-state index contributed by atoms with van der Waals surface area (Å²) in [7, 11) is 0.330. The third-order valence-electron chi connectivity index (χ3n) is 6.04. The molecule has 0 radical (unpaired) electrons. The maximum atomic E-state index is 11.4. The highest BCUT2D eigenvalue weighted by Crippen LogP contribution is 2.12. The number of carbonyl (C=O) groups is 1. The Balaban J connectivity index is 0.000000867. The second-order valence-electron chi connectivity index (χ2n) is 10.2. The number of unbranched alkanes of at least 4 members (excludes halogenated alkanes) is 9. The largest absolute Gasteiger partial charge is 0.744 e. The number of nitrogens with zero attached hydrogens (tertiary/aromatic N) is 1. The Hall–Kier alpha value is -1.70. The zero-order valence-corrected chi connectivity index (χ0v) is 23.7. The number of benzene rings is 1. The molecule has 1 aromatic carbocycles. The molecule has 0 spiro atoms. The number of hydrogen-bond donors (Lipinski definition) is 1. The number of quaternary nitrogens is 1. The van der Waals surface area contributed by atoms with Crippen molar-refractivity contribution in [2.45, 2.75) is 96.3 Å². The van der Waals surface area contributed by atoms with Crippen molar-refractivity contribution in [1.29, 1.82) is 0 Å². The van der Waals surface area contributed by atoms with Crippen LogP contribution < -0.4 is 5.32 Å². The van der Waals surface area contributed by atoms with Gasteiger partial charge in [-0.1, -0.05) is 82.6 Å². The molecule has 0 bridgehead atoms. The fourth-order valence-corrected chi connectivity index (χ4v) is 4.17. The molecule has 7 heteroatoms. The van der Waals surface area contributed by atoms with Crippen LogP contribution in [0.25, 0.3) is 0 Å². The Bertz CT molecular complexity index is 818. The summed E-state index contributed by atoms with van der Waals surface area (Å²) in [6, 6.07) is 5.78. The summed E-state index contributed by atoms with van der Waals surface area (Å²) in [5, 5.41) is 2.91. The van der Waals surface area contributed by atoms with E-state index >= 15 is 0 Å². The maximum Gasteiger partial charge on any atom is 0.246 e. The van der Waals surface area contributed by atoms with Crippen LogP contribution >= 0.6 is 0 Å². The molecular formula is C28H50N2O4S. The number of amides is 1. The van der Waals surface area contributed by atoms with Gasteiger partial charge in [-0.25, -0.2) is 8.42 Å². The van der Waals surface area contributed by atoms with Crippen molar-refractivity contribution >= 4 is 16.0 Å². The third kappa shape index (κ3) is 19.2. The maximum absolute atomic E-state index is 11.4. The summed E-state index contributed by atoms with van der Waals surface area (Å²) in [5.41, 5.74) is 1.52. The van der Waals surface area contributed by atoms with E-state index in [1.165, 1.54) is 82.9 Å². The van der Waals surface area contributed by atoms with E-state index in [1.54, 1.807) is 19.1 Å². The summed E-state index contributed by atoms with van der Waals surface area (Å²) in [6.45, 7) is 12.6. The molecule has 0 saturated heterocycles. The minimum atomic E-state index is -4.27. The zero-order chi connectivity index (χ0) is 26.7. The predicted octanol–water partition coefficient (Wildman–Crippen LogP) is 5.97. The Morgan fingerprint density at radius 2 is 1.34 bits per heavy atom. The zero-order valence-electron chi connectivity index (χ0n) is 22.9. The first kappa shape index (κ1) is 33.3. The second kappa shape index (κ2) is 18.6. The van der Waals surface area contributed by atoms with Gasteiger partial charge in [0.05, 0.1) is 32.1 Å². The lowest BCUT2D eigenvalue weighted by Crippen LogP contribution is -2.42. The Morgan fingerprint density at radius 3 is 1.80 bits per heavy atom. The molecule has 0 unspecified atom stereocenters. The first-order valence-corrected chi connectivity index (χ1v) is 14.6. The Labute approximate surface area is 215 Å². The summed E-state index contributed by atoms with van der Waals surface area (Å²) < 4.78 is 32.2. The quantitative estimate of drug-likeness (QED) is 0.121. The molecule has 0 aliphatic rings. The van der Waals surface area contributed by atoms with Gasteiger partial charge in [-0.15, -0.1) is 0 Å². The van der Waals surface area contributed by atoms with Crippen molar-refractivity contribution in [3.63, 3.8) is 0 Å². The van der Waals surface area contributed by atoms with Crippen LogP contribution in [-0.2, 0) is 14.9 Å². The van der Waals surface area contributed by atoms with Gasteiger partial charge in [0.15, 0.2) is 0 Å². The van der Waals surface area contributed by atoms with Crippen LogP contribution in [0.15, 0.2) is 41.3 Å². The van der Waals surface area contributed by atoms with E-state index in [4.69, 9.17) is 0 Å². The molecule has 0 atom stereocenters. The average molecular weight is 511 g/mol. The Morgan fingerprint density at radius 1 is 0.886 bits per heavy atom. The smallest absolute Gasteiger partial charge is 0.246 e. The van der Waals surface area contributed by atoms with Gasteiger partial charge < -0.3 is 14.4 Å². The van der Waals surface area contributed by atoms with Crippen molar-refractivity contribution in [2.75, 3.05) is 33.7 Å². The van der Waals surface area contributed by atoms with Gasteiger partial charge in [0, 0.05) is 18.5 Å². The van der Waals surface area contributed by atoms with Crippen molar-refractivity contribution in [3.05, 3.63) is 42.0 Å². The van der Waals surface area contributed by atoms with Crippen LogP contribution in [0.4, 0.5) is 0 Å². The molecule has 1 rings (SSSR count). The number of carbonyl (C=O) groups excluding carboxylic acids is 1. The molecule has 0 aliphatic carbocycles. The van der Waals surface area contributed by atoms with Crippen LogP contribution in [0.1, 0.15) is 90.0 Å². The molecule has 202 valence electrons. The molecule has 6 nitrogen and oxygen atoms in total.